The number of nitrogens with one attached hydrogen (secondary N) is 1. The van der Waals surface area contributed by atoms with Gasteiger partial charge in [-0.15, -0.1) is 0 Å². The highest BCUT2D eigenvalue weighted by Gasteiger charge is 2.27. The molecule has 0 atom stereocenters. The summed E-state index contributed by atoms with van der Waals surface area (Å²) in [6.45, 7) is 1.47. The maximum absolute atomic E-state index is 5.79. The lowest BCUT2D eigenvalue weighted by Crippen LogP contribution is -2.28. The van der Waals surface area contributed by atoms with Gasteiger partial charge in [0.2, 0.25) is 0 Å². The molecule has 1 aromatic carbocycles. The van der Waals surface area contributed by atoms with Crippen LogP contribution in [-0.4, -0.2) is 31.1 Å². The molecule has 122 valence electrons. The van der Waals surface area contributed by atoms with Crippen molar-refractivity contribution < 1.29 is 0 Å². The number of hydrogen-bond donors (Lipinski definition) is 3. The largest absolute Gasteiger partial charge is 0.404 e. The van der Waals surface area contributed by atoms with E-state index in [0.717, 1.165) is 41.5 Å². The fourth-order valence-electron chi connectivity index (χ4n) is 3.12. The predicted octanol–water partition coefficient (Wildman–Crippen LogP) is 2.62. The molecule has 1 heterocycles. The molecule has 0 aromatic heterocycles. The van der Waals surface area contributed by atoms with E-state index >= 15 is 0 Å². The summed E-state index contributed by atoms with van der Waals surface area (Å²) in [6.07, 6.45) is 8.18. The van der Waals surface area contributed by atoms with Crippen LogP contribution in [0.4, 0.5) is 11.4 Å². The van der Waals surface area contributed by atoms with Crippen LogP contribution in [0.1, 0.15) is 25.7 Å². The van der Waals surface area contributed by atoms with Crippen LogP contribution in [-0.2, 0) is 0 Å². The highest BCUT2D eigenvalue weighted by atomic mass is 15.0. The van der Waals surface area contributed by atoms with Crippen molar-refractivity contribution in [2.24, 2.45) is 27.4 Å². The summed E-state index contributed by atoms with van der Waals surface area (Å²) in [5, 5.41) is 3.37. The normalized spacial score (nSPS) is 23.9. The minimum Gasteiger partial charge on any atom is -0.404 e. The van der Waals surface area contributed by atoms with Crippen molar-refractivity contribution in [3.05, 3.63) is 36.0 Å². The first-order valence-corrected chi connectivity index (χ1v) is 8.36. The maximum atomic E-state index is 5.79. The zero-order valence-corrected chi connectivity index (χ0v) is 13.4. The number of benzene rings is 1. The van der Waals surface area contributed by atoms with Gasteiger partial charge in [0.25, 0.3) is 0 Å². The smallest absolute Gasteiger partial charge is 0.0865 e. The zero-order chi connectivity index (χ0) is 16.1. The van der Waals surface area contributed by atoms with Gasteiger partial charge in [0.15, 0.2) is 0 Å². The quantitative estimate of drug-likeness (QED) is 0.706. The minimum absolute atomic E-state index is 0.428. The molecule has 1 aliphatic carbocycles. The highest BCUT2D eigenvalue weighted by molar-refractivity contribution is 6.19. The minimum atomic E-state index is 0.428. The van der Waals surface area contributed by atoms with Crippen LogP contribution in [0.5, 0.6) is 0 Å². The second-order valence-corrected chi connectivity index (χ2v) is 6.25. The van der Waals surface area contributed by atoms with E-state index in [-0.39, 0.29) is 0 Å². The van der Waals surface area contributed by atoms with Crippen LogP contribution in [0.3, 0.4) is 0 Å². The average Bonchev–Trinajstić information content (AvgIpc) is 2.56. The molecule has 1 aromatic rings. The summed E-state index contributed by atoms with van der Waals surface area (Å²) in [6, 6.07) is 8.46. The highest BCUT2D eigenvalue weighted by Crippen LogP contribution is 2.33. The van der Waals surface area contributed by atoms with Crippen LogP contribution >= 0.6 is 0 Å². The fraction of sp³-hybridized carbons (Fsp3) is 0.444. The summed E-state index contributed by atoms with van der Waals surface area (Å²) >= 11 is 0. The van der Waals surface area contributed by atoms with E-state index in [0.29, 0.717) is 12.6 Å². The summed E-state index contributed by atoms with van der Waals surface area (Å²) in [4.78, 5) is 9.37. The molecule has 0 unspecified atom stereocenters. The third-order valence-electron chi connectivity index (χ3n) is 4.57. The van der Waals surface area contributed by atoms with Gasteiger partial charge in [-0.3, -0.25) is 4.99 Å². The van der Waals surface area contributed by atoms with Gasteiger partial charge in [0.1, 0.15) is 0 Å². The Kier molecular flexibility index (Phi) is 5.08. The lowest BCUT2D eigenvalue weighted by molar-refractivity contribution is 0.249. The number of nitrogens with two attached hydrogens (primary N) is 2. The molecule has 0 radical (unpaired) electrons. The molecule has 5 N–H and O–H groups in total. The standard InChI is InChI=1S/C18H25N5/c19-7-3-4-13-8-15(9-13)21-11-14(10-20)18-12-22-16-5-1-2-6-17(16)23-18/h1-2,5-6,10-11,13,15,22H,3-4,7-9,12,19-20H2. The second kappa shape index (κ2) is 7.42. The number of anilines is 1. The molecule has 5 heteroatoms. The number of rotatable bonds is 6. The maximum Gasteiger partial charge on any atom is 0.0865 e. The zero-order valence-electron chi connectivity index (χ0n) is 13.4. The predicted molar refractivity (Wildman–Crippen MR) is 97.6 cm³/mol. The van der Waals surface area contributed by atoms with Gasteiger partial charge in [-0.1, -0.05) is 12.1 Å². The molecule has 0 amide bonds. The van der Waals surface area contributed by atoms with E-state index in [2.05, 4.69) is 10.3 Å². The van der Waals surface area contributed by atoms with E-state index < -0.39 is 0 Å². The first-order valence-electron chi connectivity index (χ1n) is 8.36. The third-order valence-corrected chi connectivity index (χ3v) is 4.57. The van der Waals surface area contributed by atoms with E-state index in [1.54, 1.807) is 6.20 Å². The molecule has 5 nitrogen and oxygen atoms in total. The van der Waals surface area contributed by atoms with E-state index in [1.807, 2.05) is 30.5 Å². The Labute approximate surface area is 137 Å². The first-order chi connectivity index (χ1) is 11.3. The Balaban J connectivity index is 1.60. The van der Waals surface area contributed by atoms with Gasteiger partial charge < -0.3 is 16.8 Å². The van der Waals surface area contributed by atoms with Crippen molar-refractivity contribution in [3.63, 3.8) is 0 Å². The number of para-hydroxylation sites is 2. The molecular formula is C18H25N5. The average molecular weight is 311 g/mol. The molecule has 0 spiro atoms. The fourth-order valence-corrected chi connectivity index (χ4v) is 3.12. The molecule has 0 bridgehead atoms. The molecule has 1 fully saturated rings. The molecular weight excluding hydrogens is 286 g/mol. The first kappa shape index (κ1) is 15.7. The summed E-state index contributed by atoms with van der Waals surface area (Å²) in [7, 11) is 0. The Morgan fingerprint density at radius 1 is 1.35 bits per heavy atom. The van der Waals surface area contributed by atoms with Crippen LogP contribution in [0, 0.1) is 5.92 Å². The summed E-state index contributed by atoms with van der Waals surface area (Å²) in [5.41, 5.74) is 15.2. The lowest BCUT2D eigenvalue weighted by atomic mass is 9.78. The molecule has 0 saturated heterocycles. The van der Waals surface area contributed by atoms with E-state index in [1.165, 1.54) is 19.3 Å². The number of nitrogens with zero attached hydrogens (tertiary/aromatic N) is 2. The van der Waals surface area contributed by atoms with Gasteiger partial charge in [-0.25, -0.2) is 4.99 Å². The van der Waals surface area contributed by atoms with Crippen LogP contribution in [0.25, 0.3) is 0 Å². The van der Waals surface area contributed by atoms with Crippen molar-refractivity contribution >= 4 is 23.3 Å². The molecule has 3 rings (SSSR count). The molecule has 2 aliphatic rings. The topological polar surface area (TPSA) is 88.8 Å². The van der Waals surface area contributed by atoms with Gasteiger partial charge >= 0.3 is 0 Å². The van der Waals surface area contributed by atoms with Crippen molar-refractivity contribution in [1.29, 1.82) is 0 Å². The van der Waals surface area contributed by atoms with E-state index in [4.69, 9.17) is 16.5 Å². The Bertz CT molecular complexity index is 626. The van der Waals surface area contributed by atoms with Gasteiger partial charge in [-0.05, 0) is 50.3 Å². The third kappa shape index (κ3) is 3.79. The van der Waals surface area contributed by atoms with Gasteiger partial charge in [0.05, 0.1) is 29.7 Å². The number of hydrogen-bond acceptors (Lipinski definition) is 5. The molecule has 1 aliphatic heterocycles. The van der Waals surface area contributed by atoms with Crippen molar-refractivity contribution in [1.82, 2.24) is 0 Å². The summed E-state index contributed by atoms with van der Waals surface area (Å²) in [5.74, 6) is 0.798. The Morgan fingerprint density at radius 2 is 2.17 bits per heavy atom. The molecule has 23 heavy (non-hydrogen) atoms. The van der Waals surface area contributed by atoms with Crippen molar-refractivity contribution in [3.8, 4) is 0 Å². The second-order valence-electron chi connectivity index (χ2n) is 6.25. The lowest BCUT2D eigenvalue weighted by Gasteiger charge is -2.32. The Hall–Kier alpha value is -2.14. The number of aliphatic imine (C=N–C) groups is 2. The van der Waals surface area contributed by atoms with Crippen LogP contribution in [0.2, 0.25) is 0 Å². The van der Waals surface area contributed by atoms with E-state index in [9.17, 15) is 0 Å². The van der Waals surface area contributed by atoms with Crippen LogP contribution in [0.15, 0.2) is 46.0 Å². The monoisotopic (exact) mass is 311 g/mol. The van der Waals surface area contributed by atoms with Gasteiger partial charge in [0, 0.05) is 18.0 Å². The molecule has 1 saturated carbocycles. The Morgan fingerprint density at radius 3 is 2.96 bits per heavy atom. The SMILES string of the molecule is NC=C(C=NC1CC(CCCN)C1)C1=Nc2ccccc2NC1. The van der Waals surface area contributed by atoms with Crippen molar-refractivity contribution in [2.75, 3.05) is 18.4 Å². The van der Waals surface area contributed by atoms with Gasteiger partial charge in [-0.2, -0.15) is 0 Å². The van der Waals surface area contributed by atoms with Crippen LogP contribution < -0.4 is 16.8 Å². The number of fused-ring (bicyclic) bond motifs is 1. The van der Waals surface area contributed by atoms with Crippen molar-refractivity contribution in [2.45, 2.75) is 31.7 Å². The summed E-state index contributed by atoms with van der Waals surface area (Å²) < 4.78 is 0.